The highest BCUT2D eigenvalue weighted by Gasteiger charge is 2.54. The quantitative estimate of drug-likeness (QED) is 0.816. The van der Waals surface area contributed by atoms with Crippen LogP contribution in [0.4, 0.5) is 10.8 Å². The van der Waals surface area contributed by atoms with Crippen LogP contribution in [-0.4, -0.2) is 16.8 Å². The number of hydrogen-bond acceptors (Lipinski definition) is 4. The minimum Gasteiger partial charge on any atom is -0.326 e. The van der Waals surface area contributed by atoms with Crippen molar-refractivity contribution in [3.05, 3.63) is 41.4 Å². The molecule has 4 aliphatic carbocycles. The lowest BCUT2D eigenvalue weighted by molar-refractivity contribution is -0.140. The third-order valence-corrected chi connectivity index (χ3v) is 7.27. The van der Waals surface area contributed by atoms with Crippen LogP contribution in [0.15, 0.2) is 35.8 Å². The lowest BCUT2D eigenvalue weighted by Crippen LogP contribution is -2.51. The van der Waals surface area contributed by atoms with Gasteiger partial charge in [-0.1, -0.05) is 0 Å². The van der Waals surface area contributed by atoms with Crippen LogP contribution in [0, 0.1) is 23.2 Å². The minimum absolute atomic E-state index is 0.157. The van der Waals surface area contributed by atoms with E-state index in [4.69, 9.17) is 0 Å². The number of rotatable bonds is 4. The molecule has 4 fully saturated rings. The van der Waals surface area contributed by atoms with Gasteiger partial charge in [-0.15, -0.1) is 11.3 Å². The Labute approximate surface area is 162 Å². The van der Waals surface area contributed by atoms with E-state index in [1.807, 2.05) is 17.5 Å². The van der Waals surface area contributed by atoms with Gasteiger partial charge in [0.2, 0.25) is 5.91 Å². The summed E-state index contributed by atoms with van der Waals surface area (Å²) in [4.78, 5) is 29.4. The Kier molecular flexibility index (Phi) is 4.04. The van der Waals surface area contributed by atoms with Crippen molar-refractivity contribution in [2.75, 3.05) is 10.6 Å². The maximum absolute atomic E-state index is 13.1. The third kappa shape index (κ3) is 3.16. The smallest absolute Gasteiger partial charge is 0.257 e. The first-order chi connectivity index (χ1) is 13.1. The van der Waals surface area contributed by atoms with Crippen molar-refractivity contribution in [3.8, 4) is 0 Å². The largest absolute Gasteiger partial charge is 0.326 e. The Balaban J connectivity index is 1.26. The number of nitrogens with one attached hydrogen (secondary N) is 2. The predicted molar refractivity (Wildman–Crippen MR) is 106 cm³/mol. The number of carbonyl (C=O) groups is 2. The number of nitrogens with zero attached hydrogens (tertiary/aromatic N) is 1. The number of aromatic nitrogens is 1. The normalized spacial score (nSPS) is 30.9. The molecular formula is C21H23N3O2S. The third-order valence-electron chi connectivity index (χ3n) is 6.58. The lowest BCUT2D eigenvalue weighted by atomic mass is 9.49. The predicted octanol–water partition coefficient (Wildman–Crippen LogP) is 4.55. The molecule has 4 bridgehead atoms. The van der Waals surface area contributed by atoms with Crippen molar-refractivity contribution in [2.45, 2.75) is 38.5 Å². The summed E-state index contributed by atoms with van der Waals surface area (Å²) in [6.45, 7) is 0. The topological polar surface area (TPSA) is 71.1 Å². The second-order valence-electron chi connectivity index (χ2n) is 8.52. The van der Waals surface area contributed by atoms with E-state index in [1.165, 1.54) is 30.6 Å². The molecule has 2 N–H and O–H groups in total. The summed E-state index contributed by atoms with van der Waals surface area (Å²) in [7, 11) is 0. The second kappa shape index (κ2) is 6.44. The molecule has 0 atom stereocenters. The van der Waals surface area contributed by atoms with E-state index in [-0.39, 0.29) is 17.2 Å². The van der Waals surface area contributed by atoms with Gasteiger partial charge in [-0.2, -0.15) is 0 Å². The highest BCUT2D eigenvalue weighted by atomic mass is 32.1. The molecule has 0 saturated heterocycles. The van der Waals surface area contributed by atoms with Crippen LogP contribution in [0.2, 0.25) is 0 Å². The number of hydrogen-bond donors (Lipinski definition) is 2. The molecule has 27 heavy (non-hydrogen) atoms. The molecule has 0 radical (unpaired) electrons. The van der Waals surface area contributed by atoms with E-state index >= 15 is 0 Å². The molecule has 6 rings (SSSR count). The van der Waals surface area contributed by atoms with Gasteiger partial charge in [0.25, 0.3) is 5.91 Å². The number of carbonyl (C=O) groups excluding carboxylic acids is 2. The molecule has 4 saturated carbocycles. The lowest BCUT2D eigenvalue weighted by Gasteiger charge is -2.55. The standard InChI is InChI=1S/C21H23N3O2S/c25-18(24-20-22-5-6-27-20)16-1-3-17(4-2-16)23-19(26)21-10-13-7-14(11-21)9-15(8-13)12-21/h1-6,13-15H,7-12H2,(H,23,26)(H,22,24,25). The maximum atomic E-state index is 13.1. The van der Waals surface area contributed by atoms with E-state index < -0.39 is 0 Å². The van der Waals surface area contributed by atoms with Gasteiger partial charge in [0.15, 0.2) is 5.13 Å². The molecule has 0 unspecified atom stereocenters. The van der Waals surface area contributed by atoms with Gasteiger partial charge in [-0.3, -0.25) is 14.9 Å². The number of anilines is 2. The van der Waals surface area contributed by atoms with Gasteiger partial charge < -0.3 is 5.32 Å². The molecule has 0 spiro atoms. The van der Waals surface area contributed by atoms with Crippen molar-refractivity contribution in [2.24, 2.45) is 23.2 Å². The summed E-state index contributed by atoms with van der Waals surface area (Å²) in [5.41, 5.74) is 1.16. The van der Waals surface area contributed by atoms with Crippen LogP contribution >= 0.6 is 11.3 Å². The zero-order chi connectivity index (χ0) is 18.4. The maximum Gasteiger partial charge on any atom is 0.257 e. The molecule has 5 nitrogen and oxygen atoms in total. The van der Waals surface area contributed by atoms with Crippen molar-refractivity contribution in [1.82, 2.24) is 4.98 Å². The first-order valence-corrected chi connectivity index (χ1v) is 10.6. The molecule has 0 aliphatic heterocycles. The molecule has 2 amide bonds. The Morgan fingerprint density at radius 1 is 0.963 bits per heavy atom. The van der Waals surface area contributed by atoms with Crippen LogP contribution < -0.4 is 10.6 Å². The SMILES string of the molecule is O=C(Nc1nccs1)c1ccc(NC(=O)C23CC4CC(CC(C4)C2)C3)cc1. The molecule has 1 aromatic carbocycles. The van der Waals surface area contributed by atoms with E-state index in [9.17, 15) is 9.59 Å². The van der Waals surface area contributed by atoms with Gasteiger partial charge in [0, 0.05) is 22.8 Å². The molecule has 1 heterocycles. The van der Waals surface area contributed by atoms with E-state index in [1.54, 1.807) is 18.3 Å². The van der Waals surface area contributed by atoms with Crippen LogP contribution in [0.3, 0.4) is 0 Å². The van der Waals surface area contributed by atoms with Crippen LogP contribution in [0.25, 0.3) is 0 Å². The fraction of sp³-hybridized carbons (Fsp3) is 0.476. The summed E-state index contributed by atoms with van der Waals surface area (Å²) >= 11 is 1.38. The van der Waals surface area contributed by atoms with Gasteiger partial charge in [0.1, 0.15) is 0 Å². The van der Waals surface area contributed by atoms with Gasteiger partial charge in [-0.25, -0.2) is 4.98 Å². The molecule has 1 aromatic heterocycles. The average molecular weight is 382 g/mol. The second-order valence-corrected chi connectivity index (χ2v) is 9.42. The van der Waals surface area contributed by atoms with Crippen LogP contribution in [0.1, 0.15) is 48.9 Å². The van der Waals surface area contributed by atoms with Crippen LogP contribution in [-0.2, 0) is 4.79 Å². The molecule has 6 heteroatoms. The summed E-state index contributed by atoms with van der Waals surface area (Å²) in [6.07, 6.45) is 8.81. The Morgan fingerprint density at radius 3 is 2.15 bits per heavy atom. The Bertz CT molecular complexity index is 825. The van der Waals surface area contributed by atoms with E-state index in [0.29, 0.717) is 10.7 Å². The zero-order valence-corrected chi connectivity index (χ0v) is 15.9. The first kappa shape index (κ1) is 16.9. The van der Waals surface area contributed by atoms with Crippen molar-refractivity contribution < 1.29 is 9.59 Å². The molecular weight excluding hydrogens is 358 g/mol. The van der Waals surface area contributed by atoms with Gasteiger partial charge >= 0.3 is 0 Å². The van der Waals surface area contributed by atoms with Gasteiger partial charge in [0.05, 0.1) is 5.41 Å². The fourth-order valence-electron chi connectivity index (χ4n) is 5.81. The highest BCUT2D eigenvalue weighted by Crippen LogP contribution is 2.60. The van der Waals surface area contributed by atoms with Gasteiger partial charge in [-0.05, 0) is 80.5 Å². The Morgan fingerprint density at radius 2 is 1.59 bits per heavy atom. The summed E-state index contributed by atoms with van der Waals surface area (Å²) in [6, 6.07) is 7.13. The average Bonchev–Trinajstić information content (AvgIpc) is 3.14. The molecule has 4 aliphatic rings. The number of amides is 2. The molecule has 140 valence electrons. The van der Waals surface area contributed by atoms with Crippen LogP contribution in [0.5, 0.6) is 0 Å². The summed E-state index contributed by atoms with van der Waals surface area (Å²) in [5.74, 6) is 2.24. The van der Waals surface area contributed by atoms with Crippen molar-refractivity contribution in [3.63, 3.8) is 0 Å². The fourth-order valence-corrected chi connectivity index (χ4v) is 6.34. The van der Waals surface area contributed by atoms with E-state index in [2.05, 4.69) is 15.6 Å². The zero-order valence-electron chi connectivity index (χ0n) is 15.1. The number of thiazole rings is 1. The number of benzene rings is 1. The van der Waals surface area contributed by atoms with Crippen molar-refractivity contribution >= 4 is 34.0 Å². The molecule has 2 aromatic rings. The minimum atomic E-state index is -0.191. The van der Waals surface area contributed by atoms with Crippen molar-refractivity contribution in [1.29, 1.82) is 0 Å². The van der Waals surface area contributed by atoms with E-state index in [0.717, 1.165) is 42.7 Å². The summed E-state index contributed by atoms with van der Waals surface area (Å²) < 4.78 is 0. The Hall–Kier alpha value is -2.21. The first-order valence-electron chi connectivity index (χ1n) is 9.72. The monoisotopic (exact) mass is 381 g/mol. The highest BCUT2D eigenvalue weighted by molar-refractivity contribution is 7.13. The summed E-state index contributed by atoms with van der Waals surface area (Å²) in [5, 5.41) is 8.30.